The van der Waals surface area contributed by atoms with E-state index in [2.05, 4.69) is 29.2 Å². The van der Waals surface area contributed by atoms with Gasteiger partial charge in [-0.15, -0.1) is 0 Å². The van der Waals surface area contributed by atoms with Crippen molar-refractivity contribution in [2.24, 2.45) is 11.8 Å². The Morgan fingerprint density at radius 2 is 2.21 bits per heavy atom. The summed E-state index contributed by atoms with van der Waals surface area (Å²) in [5.41, 5.74) is -0.738. The molecule has 1 spiro atoms. The van der Waals surface area contributed by atoms with Crippen LogP contribution in [0, 0.1) is 18.8 Å². The molecular weight excluding hydrogens is 360 g/mol. The highest BCUT2D eigenvalue weighted by molar-refractivity contribution is 6.02. The van der Waals surface area contributed by atoms with E-state index >= 15 is 0 Å². The molecule has 3 aliphatic heterocycles. The molecule has 152 valence electrons. The lowest BCUT2D eigenvalue weighted by atomic mass is 9.77. The van der Waals surface area contributed by atoms with E-state index in [9.17, 15) is 9.59 Å². The Balaban J connectivity index is 1.42. The number of fused-ring (bicyclic) bond motifs is 1. The molecule has 0 radical (unpaired) electrons. The van der Waals surface area contributed by atoms with Gasteiger partial charge < -0.3 is 19.5 Å². The lowest BCUT2D eigenvalue weighted by Gasteiger charge is -2.23. The minimum Gasteiger partial charge on any atom is -0.360 e. The number of aromatic nitrogens is 1. The van der Waals surface area contributed by atoms with Gasteiger partial charge in [-0.1, -0.05) is 31.2 Å². The summed E-state index contributed by atoms with van der Waals surface area (Å²) in [5.74, 6) is -0.118. The van der Waals surface area contributed by atoms with Crippen LogP contribution in [0.1, 0.15) is 26.0 Å². The number of nitrogens with zero attached hydrogens (tertiary/aromatic N) is 3. The monoisotopic (exact) mass is 388 g/mol. The lowest BCUT2D eigenvalue weighted by molar-refractivity contribution is -0.131. The van der Waals surface area contributed by atoms with Crippen LogP contribution in [0.5, 0.6) is 0 Å². The van der Waals surface area contributed by atoms with Gasteiger partial charge in [0, 0.05) is 12.6 Å². The third-order valence-corrected chi connectivity index (χ3v) is 6.14. The standard InChI is InChI=1S/C20H28N4O4/c1-4-23(5-2)10-6-9-21-18(25)16-14-7-8-20(27-14)12-24(19(26)17(16)20)15-11-13(3)28-22-15/h7-8,11,14,16-17H,4-6,9-10,12H2,1-3H3,(H,21,25)/t14-,16-,17+,20+/m0/s1. The molecule has 1 N–H and O–H groups in total. The average Bonchev–Trinajstić information content (AvgIpc) is 3.43. The maximum absolute atomic E-state index is 13.1. The van der Waals surface area contributed by atoms with Gasteiger partial charge in [-0.3, -0.25) is 14.5 Å². The highest BCUT2D eigenvalue weighted by Gasteiger charge is 2.67. The van der Waals surface area contributed by atoms with Crippen LogP contribution in [0.15, 0.2) is 22.7 Å². The molecule has 0 unspecified atom stereocenters. The van der Waals surface area contributed by atoms with Gasteiger partial charge in [0.15, 0.2) is 5.82 Å². The van der Waals surface area contributed by atoms with E-state index in [1.165, 1.54) is 0 Å². The van der Waals surface area contributed by atoms with Crippen molar-refractivity contribution < 1.29 is 18.8 Å². The molecule has 4 atom stereocenters. The van der Waals surface area contributed by atoms with Crippen molar-refractivity contribution in [1.29, 1.82) is 0 Å². The number of aryl methyl sites for hydroxylation is 1. The molecule has 0 aliphatic carbocycles. The quantitative estimate of drug-likeness (QED) is 0.530. The second-order valence-electron chi connectivity index (χ2n) is 7.79. The van der Waals surface area contributed by atoms with E-state index in [1.54, 1.807) is 17.9 Å². The minimum absolute atomic E-state index is 0.104. The van der Waals surface area contributed by atoms with Crippen molar-refractivity contribution in [3.63, 3.8) is 0 Å². The van der Waals surface area contributed by atoms with Gasteiger partial charge in [-0.25, -0.2) is 0 Å². The summed E-state index contributed by atoms with van der Waals surface area (Å²) in [6, 6.07) is 1.73. The predicted octanol–water partition coefficient (Wildman–Crippen LogP) is 1.12. The first-order valence-corrected chi connectivity index (χ1v) is 10.1. The maximum atomic E-state index is 13.1. The van der Waals surface area contributed by atoms with Crippen molar-refractivity contribution in [1.82, 2.24) is 15.4 Å². The highest BCUT2D eigenvalue weighted by atomic mass is 16.5. The molecule has 2 bridgehead atoms. The van der Waals surface area contributed by atoms with Crippen LogP contribution in [0.25, 0.3) is 0 Å². The first-order chi connectivity index (χ1) is 13.5. The van der Waals surface area contributed by atoms with Crippen molar-refractivity contribution in [3.8, 4) is 0 Å². The number of hydrogen-bond donors (Lipinski definition) is 1. The molecule has 1 aromatic heterocycles. The van der Waals surface area contributed by atoms with Crippen LogP contribution in [0.3, 0.4) is 0 Å². The summed E-state index contributed by atoms with van der Waals surface area (Å²) in [5, 5.41) is 6.98. The van der Waals surface area contributed by atoms with E-state index in [-0.39, 0.29) is 17.9 Å². The SMILES string of the molecule is CCN(CC)CCCNC(=O)[C@H]1[C@@H]2C=C[C@]3(CN(c4cc(C)on4)C(=O)[C@@H]13)O2. The molecule has 2 saturated heterocycles. The third kappa shape index (κ3) is 3.04. The third-order valence-electron chi connectivity index (χ3n) is 6.14. The van der Waals surface area contributed by atoms with Crippen molar-refractivity contribution in [3.05, 3.63) is 24.0 Å². The number of carbonyl (C=O) groups excluding carboxylic acids is 2. The molecular formula is C20H28N4O4. The normalized spacial score (nSPS) is 30.5. The van der Waals surface area contributed by atoms with Crippen LogP contribution >= 0.6 is 0 Å². The number of carbonyl (C=O) groups is 2. The number of anilines is 1. The van der Waals surface area contributed by atoms with Gasteiger partial charge in [0.05, 0.1) is 24.5 Å². The number of rotatable bonds is 8. The molecule has 2 fully saturated rings. The summed E-state index contributed by atoms with van der Waals surface area (Å²) in [4.78, 5) is 29.9. The Morgan fingerprint density at radius 3 is 2.89 bits per heavy atom. The van der Waals surface area contributed by atoms with E-state index in [1.807, 2.05) is 12.2 Å². The minimum atomic E-state index is -0.738. The average molecular weight is 388 g/mol. The van der Waals surface area contributed by atoms with Gasteiger partial charge in [-0.2, -0.15) is 0 Å². The van der Waals surface area contributed by atoms with Crippen LogP contribution < -0.4 is 10.2 Å². The van der Waals surface area contributed by atoms with Crippen LogP contribution in [-0.4, -0.2) is 66.3 Å². The van der Waals surface area contributed by atoms with E-state index in [0.29, 0.717) is 24.7 Å². The van der Waals surface area contributed by atoms with Gasteiger partial charge in [0.25, 0.3) is 0 Å². The summed E-state index contributed by atoms with van der Waals surface area (Å²) in [7, 11) is 0. The summed E-state index contributed by atoms with van der Waals surface area (Å²) in [6.45, 7) is 9.97. The zero-order valence-corrected chi connectivity index (χ0v) is 16.7. The summed E-state index contributed by atoms with van der Waals surface area (Å²) in [6.07, 6.45) is 4.41. The number of hydrogen-bond acceptors (Lipinski definition) is 6. The van der Waals surface area contributed by atoms with Gasteiger partial charge >= 0.3 is 0 Å². The van der Waals surface area contributed by atoms with E-state index < -0.39 is 17.4 Å². The largest absolute Gasteiger partial charge is 0.360 e. The van der Waals surface area contributed by atoms with Gasteiger partial charge in [-0.05, 0) is 33.0 Å². The van der Waals surface area contributed by atoms with E-state index in [0.717, 1.165) is 26.1 Å². The van der Waals surface area contributed by atoms with Crippen LogP contribution in [0.4, 0.5) is 5.82 Å². The Morgan fingerprint density at radius 1 is 1.43 bits per heavy atom. The first kappa shape index (κ1) is 19.1. The Kier molecular flexibility index (Phi) is 5.01. The summed E-state index contributed by atoms with van der Waals surface area (Å²) >= 11 is 0. The Bertz CT molecular complexity index is 787. The molecule has 4 heterocycles. The Hall–Kier alpha value is -2.19. The fourth-order valence-electron chi connectivity index (χ4n) is 4.64. The van der Waals surface area contributed by atoms with Crippen molar-refractivity contribution >= 4 is 17.6 Å². The van der Waals surface area contributed by atoms with Gasteiger partial charge in [0.2, 0.25) is 11.8 Å². The lowest BCUT2D eigenvalue weighted by Crippen LogP contribution is -2.44. The van der Waals surface area contributed by atoms with Crippen LogP contribution in [-0.2, 0) is 14.3 Å². The van der Waals surface area contributed by atoms with E-state index in [4.69, 9.17) is 9.26 Å². The molecule has 8 nitrogen and oxygen atoms in total. The number of amides is 2. The fourth-order valence-corrected chi connectivity index (χ4v) is 4.64. The van der Waals surface area contributed by atoms with Crippen molar-refractivity contribution in [2.45, 2.75) is 38.9 Å². The maximum Gasteiger partial charge on any atom is 0.235 e. The number of nitrogens with one attached hydrogen (secondary N) is 1. The second kappa shape index (κ2) is 7.33. The smallest absolute Gasteiger partial charge is 0.235 e. The molecule has 28 heavy (non-hydrogen) atoms. The Labute approximate surface area is 164 Å². The molecule has 2 amide bonds. The fraction of sp³-hybridized carbons (Fsp3) is 0.650. The van der Waals surface area contributed by atoms with Crippen LogP contribution in [0.2, 0.25) is 0 Å². The van der Waals surface area contributed by atoms with Gasteiger partial charge in [0.1, 0.15) is 11.4 Å². The molecule has 1 aromatic rings. The summed E-state index contributed by atoms with van der Waals surface area (Å²) < 4.78 is 11.2. The zero-order chi connectivity index (χ0) is 19.9. The molecule has 3 aliphatic rings. The molecule has 0 saturated carbocycles. The highest BCUT2D eigenvalue weighted by Crippen LogP contribution is 2.52. The predicted molar refractivity (Wildman–Crippen MR) is 103 cm³/mol. The number of ether oxygens (including phenoxy) is 1. The molecule has 4 rings (SSSR count). The van der Waals surface area contributed by atoms with Crippen molar-refractivity contribution in [2.75, 3.05) is 37.6 Å². The molecule has 8 heteroatoms. The second-order valence-corrected chi connectivity index (χ2v) is 7.79. The molecule has 0 aromatic carbocycles. The first-order valence-electron chi connectivity index (χ1n) is 10.1. The zero-order valence-electron chi connectivity index (χ0n) is 16.7. The topological polar surface area (TPSA) is 87.9 Å².